The summed E-state index contributed by atoms with van der Waals surface area (Å²) in [5.74, 6) is 0.412. The van der Waals surface area contributed by atoms with Crippen LogP contribution in [0.5, 0.6) is 0 Å². The molecule has 5 nitrogen and oxygen atoms in total. The number of thioether (sulfide) groups is 1. The maximum Gasteiger partial charge on any atom is 0.255 e. The number of carbonyl (C=O) groups is 1. The fourth-order valence-electron chi connectivity index (χ4n) is 3.06. The van der Waals surface area contributed by atoms with Crippen molar-refractivity contribution in [3.63, 3.8) is 0 Å². The van der Waals surface area contributed by atoms with E-state index in [-0.39, 0.29) is 11.7 Å². The number of nitrogens with zero attached hydrogens (tertiary/aromatic N) is 3. The molecule has 2 aromatic heterocycles. The molecule has 0 unspecified atom stereocenters. The molecule has 0 aliphatic rings. The smallest absolute Gasteiger partial charge is 0.255 e. The van der Waals surface area contributed by atoms with E-state index in [0.29, 0.717) is 17.8 Å². The molecule has 1 amide bonds. The second-order valence-corrected chi connectivity index (χ2v) is 7.99. The lowest BCUT2D eigenvalue weighted by atomic mass is 10.1. The van der Waals surface area contributed by atoms with Gasteiger partial charge in [0.1, 0.15) is 11.5 Å². The van der Waals surface area contributed by atoms with E-state index >= 15 is 0 Å². The van der Waals surface area contributed by atoms with E-state index in [4.69, 9.17) is 0 Å². The van der Waals surface area contributed by atoms with E-state index in [2.05, 4.69) is 15.4 Å². The van der Waals surface area contributed by atoms with Gasteiger partial charge in [0.2, 0.25) is 0 Å². The third-order valence-corrected chi connectivity index (χ3v) is 5.70. The highest BCUT2D eigenvalue weighted by Gasteiger charge is 2.18. The van der Waals surface area contributed by atoms with Gasteiger partial charge in [0, 0.05) is 35.6 Å². The molecule has 156 valence electrons. The minimum absolute atomic E-state index is 0.173. The molecule has 2 aromatic carbocycles. The van der Waals surface area contributed by atoms with Crippen LogP contribution in [-0.4, -0.2) is 33.0 Å². The first-order valence-electron chi connectivity index (χ1n) is 9.93. The molecular weight excluding hydrogens is 411 g/mol. The molecule has 4 rings (SSSR count). The standard InChI is InChI=1S/C24H21FN4OS/c25-19-9-11-21(12-10-19)31-15-5-14-27-24(30)22-17-29(20-7-2-1-3-8-20)28-23(22)18-6-4-13-26-16-18/h1-4,6-13,16-17H,5,14-15H2,(H,27,30). The maximum atomic E-state index is 13.0. The Morgan fingerprint density at radius 1 is 1.03 bits per heavy atom. The summed E-state index contributed by atoms with van der Waals surface area (Å²) in [7, 11) is 0. The van der Waals surface area contributed by atoms with Gasteiger partial charge in [-0.1, -0.05) is 18.2 Å². The zero-order valence-electron chi connectivity index (χ0n) is 16.7. The van der Waals surface area contributed by atoms with Gasteiger partial charge >= 0.3 is 0 Å². The Kier molecular flexibility index (Phi) is 6.74. The van der Waals surface area contributed by atoms with Crippen molar-refractivity contribution in [2.24, 2.45) is 0 Å². The Morgan fingerprint density at radius 3 is 2.58 bits per heavy atom. The first kappa shape index (κ1) is 20.8. The third kappa shape index (κ3) is 5.38. The molecule has 7 heteroatoms. The van der Waals surface area contributed by atoms with Gasteiger partial charge in [-0.15, -0.1) is 11.8 Å². The van der Waals surface area contributed by atoms with Gasteiger partial charge < -0.3 is 5.32 Å². The largest absolute Gasteiger partial charge is 0.352 e. The average Bonchev–Trinajstić information content (AvgIpc) is 3.27. The monoisotopic (exact) mass is 432 g/mol. The number of pyridine rings is 1. The molecule has 0 aliphatic heterocycles. The highest BCUT2D eigenvalue weighted by atomic mass is 32.2. The lowest BCUT2D eigenvalue weighted by Crippen LogP contribution is -2.25. The quantitative estimate of drug-likeness (QED) is 0.315. The lowest BCUT2D eigenvalue weighted by Gasteiger charge is -2.06. The Morgan fingerprint density at radius 2 is 1.84 bits per heavy atom. The van der Waals surface area contributed by atoms with Gasteiger partial charge in [-0.05, 0) is 60.7 Å². The van der Waals surface area contributed by atoms with Crippen LogP contribution in [0.1, 0.15) is 16.8 Å². The summed E-state index contributed by atoms with van der Waals surface area (Å²) in [5.41, 5.74) is 2.76. The molecule has 0 fully saturated rings. The zero-order chi connectivity index (χ0) is 21.5. The van der Waals surface area contributed by atoms with Gasteiger partial charge in [0.05, 0.1) is 11.3 Å². The number of hydrogen-bond acceptors (Lipinski definition) is 4. The Balaban J connectivity index is 1.42. The molecule has 31 heavy (non-hydrogen) atoms. The van der Waals surface area contributed by atoms with Crippen molar-refractivity contribution in [1.82, 2.24) is 20.1 Å². The van der Waals surface area contributed by atoms with E-state index in [9.17, 15) is 9.18 Å². The molecule has 0 bridgehead atoms. The van der Waals surface area contributed by atoms with E-state index in [1.807, 2.05) is 42.5 Å². The molecule has 0 saturated heterocycles. The molecule has 4 aromatic rings. The van der Waals surface area contributed by atoms with Gasteiger partial charge in [-0.25, -0.2) is 9.07 Å². The minimum Gasteiger partial charge on any atom is -0.352 e. The molecule has 0 saturated carbocycles. The second-order valence-electron chi connectivity index (χ2n) is 6.83. The number of benzene rings is 2. The zero-order valence-corrected chi connectivity index (χ0v) is 17.6. The van der Waals surface area contributed by atoms with Crippen molar-refractivity contribution in [1.29, 1.82) is 0 Å². The first-order valence-corrected chi connectivity index (χ1v) is 10.9. The van der Waals surface area contributed by atoms with Crippen LogP contribution >= 0.6 is 11.8 Å². The van der Waals surface area contributed by atoms with Crippen molar-refractivity contribution in [3.05, 3.63) is 96.7 Å². The SMILES string of the molecule is O=C(NCCCSc1ccc(F)cc1)c1cn(-c2ccccc2)nc1-c1cccnc1. The van der Waals surface area contributed by atoms with Crippen LogP contribution in [0.15, 0.2) is 90.2 Å². The number of hydrogen-bond donors (Lipinski definition) is 1. The van der Waals surface area contributed by atoms with Crippen LogP contribution in [0, 0.1) is 5.82 Å². The number of para-hydroxylation sites is 1. The van der Waals surface area contributed by atoms with Crippen LogP contribution in [0.4, 0.5) is 4.39 Å². The second kappa shape index (κ2) is 10.0. The summed E-state index contributed by atoms with van der Waals surface area (Å²) >= 11 is 1.64. The maximum absolute atomic E-state index is 13.0. The van der Waals surface area contributed by atoms with Crippen LogP contribution in [-0.2, 0) is 0 Å². The number of carbonyl (C=O) groups excluding carboxylic acids is 1. The molecule has 0 radical (unpaired) electrons. The minimum atomic E-state index is -0.239. The molecule has 1 N–H and O–H groups in total. The molecule has 0 aliphatic carbocycles. The topological polar surface area (TPSA) is 59.8 Å². The fourth-order valence-corrected chi connectivity index (χ4v) is 3.91. The summed E-state index contributed by atoms with van der Waals surface area (Å²) in [5, 5.41) is 7.63. The normalized spacial score (nSPS) is 10.7. The van der Waals surface area contributed by atoms with Crippen LogP contribution in [0.25, 0.3) is 16.9 Å². The van der Waals surface area contributed by atoms with Gasteiger partial charge in [0.25, 0.3) is 5.91 Å². The van der Waals surface area contributed by atoms with Crippen LogP contribution in [0.2, 0.25) is 0 Å². The average molecular weight is 433 g/mol. The molecule has 0 atom stereocenters. The Labute approximate surface area is 184 Å². The highest BCUT2D eigenvalue weighted by molar-refractivity contribution is 7.99. The van der Waals surface area contributed by atoms with Crippen molar-refractivity contribution >= 4 is 17.7 Å². The molecular formula is C24H21FN4OS. The highest BCUT2D eigenvalue weighted by Crippen LogP contribution is 2.23. The lowest BCUT2D eigenvalue weighted by molar-refractivity contribution is 0.0954. The van der Waals surface area contributed by atoms with Gasteiger partial charge in [-0.2, -0.15) is 5.10 Å². The van der Waals surface area contributed by atoms with Crippen molar-refractivity contribution < 1.29 is 9.18 Å². The molecule has 2 heterocycles. The summed E-state index contributed by atoms with van der Waals surface area (Å²) in [6.45, 7) is 0.538. The Hall–Kier alpha value is -3.45. The first-order chi connectivity index (χ1) is 15.2. The predicted octanol–water partition coefficient (Wildman–Crippen LogP) is 4.99. The van der Waals surface area contributed by atoms with E-state index in [0.717, 1.165) is 28.3 Å². The number of nitrogens with one attached hydrogen (secondary N) is 1. The number of aromatic nitrogens is 3. The van der Waals surface area contributed by atoms with Gasteiger partial charge in [-0.3, -0.25) is 9.78 Å². The third-order valence-electron chi connectivity index (χ3n) is 4.60. The summed E-state index contributed by atoms with van der Waals surface area (Å²) in [6, 6.07) is 19.8. The summed E-state index contributed by atoms with van der Waals surface area (Å²) < 4.78 is 14.7. The van der Waals surface area contributed by atoms with Crippen molar-refractivity contribution in [2.75, 3.05) is 12.3 Å². The number of rotatable bonds is 8. The van der Waals surface area contributed by atoms with E-state index in [1.54, 1.807) is 47.2 Å². The summed E-state index contributed by atoms with van der Waals surface area (Å²) in [4.78, 5) is 18.1. The summed E-state index contributed by atoms with van der Waals surface area (Å²) in [6.07, 6.45) is 5.94. The van der Waals surface area contributed by atoms with Crippen molar-refractivity contribution in [3.8, 4) is 16.9 Å². The molecule has 0 spiro atoms. The van der Waals surface area contributed by atoms with Gasteiger partial charge in [0.15, 0.2) is 0 Å². The number of halogens is 1. The van der Waals surface area contributed by atoms with Crippen LogP contribution in [0.3, 0.4) is 0 Å². The van der Waals surface area contributed by atoms with E-state index in [1.165, 1.54) is 12.1 Å². The number of amides is 1. The predicted molar refractivity (Wildman–Crippen MR) is 121 cm³/mol. The fraction of sp³-hybridized carbons (Fsp3) is 0.125. The Bertz CT molecular complexity index is 1130. The van der Waals surface area contributed by atoms with Crippen molar-refractivity contribution in [2.45, 2.75) is 11.3 Å². The van der Waals surface area contributed by atoms with E-state index < -0.39 is 0 Å². The van der Waals surface area contributed by atoms with Crippen LogP contribution < -0.4 is 5.32 Å².